The molecule has 0 unspecified atom stereocenters. The van der Waals surface area contributed by atoms with E-state index < -0.39 is 0 Å². The Morgan fingerprint density at radius 1 is 1.21 bits per heavy atom. The molecule has 0 bridgehead atoms. The summed E-state index contributed by atoms with van der Waals surface area (Å²) in [6.07, 6.45) is 2.11. The summed E-state index contributed by atoms with van der Waals surface area (Å²) in [5.74, 6) is 0.774. The highest BCUT2D eigenvalue weighted by atomic mass is 32.1. The second-order valence-electron chi connectivity index (χ2n) is 7.18. The van der Waals surface area contributed by atoms with Crippen molar-refractivity contribution in [3.05, 3.63) is 53.4 Å². The number of hydrogen-bond donors (Lipinski definition) is 2. The molecule has 3 rings (SSSR count). The fraction of sp³-hybridized carbons (Fsp3) is 0.455. The van der Waals surface area contributed by atoms with Crippen LogP contribution in [0.3, 0.4) is 0 Å². The van der Waals surface area contributed by atoms with Crippen LogP contribution in [0.4, 0.5) is 5.00 Å². The molecule has 29 heavy (non-hydrogen) atoms. The van der Waals surface area contributed by atoms with Crippen molar-refractivity contribution in [2.75, 3.05) is 38.1 Å². The summed E-state index contributed by atoms with van der Waals surface area (Å²) < 4.78 is 0. The van der Waals surface area contributed by atoms with Crippen molar-refractivity contribution >= 4 is 28.2 Å². The van der Waals surface area contributed by atoms with Crippen LogP contribution in [0.15, 0.2) is 52.8 Å². The molecule has 156 valence electrons. The van der Waals surface area contributed by atoms with Gasteiger partial charge in [0.2, 0.25) is 5.91 Å². The van der Waals surface area contributed by atoms with Gasteiger partial charge in [0, 0.05) is 39.3 Å². The summed E-state index contributed by atoms with van der Waals surface area (Å²) in [6, 6.07) is 14.7. The van der Waals surface area contributed by atoms with E-state index in [0.717, 1.165) is 31.5 Å². The Kier molecular flexibility index (Phi) is 7.93. The highest BCUT2D eigenvalue weighted by molar-refractivity contribution is 7.14. The zero-order valence-corrected chi connectivity index (χ0v) is 18.1. The number of nitrogens with zero attached hydrogens (tertiary/aromatic N) is 3. The number of carbonyl (C=O) groups is 1. The third-order valence-corrected chi connectivity index (χ3v) is 6.16. The predicted octanol–water partition coefficient (Wildman–Crippen LogP) is 2.93. The Hall–Kier alpha value is -2.54. The molecule has 2 aromatic rings. The van der Waals surface area contributed by atoms with Crippen LogP contribution in [0.1, 0.15) is 25.3 Å². The Balaban J connectivity index is 1.43. The van der Waals surface area contributed by atoms with Crippen molar-refractivity contribution in [1.82, 2.24) is 15.5 Å². The van der Waals surface area contributed by atoms with E-state index in [1.807, 2.05) is 42.2 Å². The zero-order chi connectivity index (χ0) is 20.5. The number of hydrogen-bond acceptors (Lipinski definition) is 4. The van der Waals surface area contributed by atoms with Crippen molar-refractivity contribution in [2.45, 2.75) is 32.4 Å². The van der Waals surface area contributed by atoms with Crippen LogP contribution in [0.2, 0.25) is 0 Å². The molecule has 7 heteroatoms. The highest BCUT2D eigenvalue weighted by Crippen LogP contribution is 2.24. The molecule has 0 atom stereocenters. The number of nitrogens with one attached hydrogen (secondary N) is 2. The standard InChI is InChI=1S/C22H31N5OS/c1-3-26(17-18-8-5-4-6-9-18)20(28)16-24-22(23-2)25-19-11-13-27(14-12-19)21-10-7-15-29-21/h4-10,15,19H,3,11-14,16-17H2,1-2H3,(H2,23,24,25). The number of aliphatic imine (C=N–C) groups is 1. The first-order valence-corrected chi connectivity index (χ1v) is 11.1. The second kappa shape index (κ2) is 10.9. The SMILES string of the molecule is CCN(Cc1ccccc1)C(=O)CNC(=NC)NC1CCN(c2cccs2)CC1. The van der Waals surface area contributed by atoms with Crippen LogP contribution in [-0.2, 0) is 11.3 Å². The van der Waals surface area contributed by atoms with E-state index in [0.29, 0.717) is 25.1 Å². The Morgan fingerprint density at radius 3 is 2.59 bits per heavy atom. The van der Waals surface area contributed by atoms with Crippen LogP contribution in [0, 0.1) is 0 Å². The van der Waals surface area contributed by atoms with Gasteiger partial charge in [0.1, 0.15) is 0 Å². The van der Waals surface area contributed by atoms with Gasteiger partial charge >= 0.3 is 0 Å². The lowest BCUT2D eigenvalue weighted by atomic mass is 10.1. The molecule has 1 aromatic carbocycles. The molecular formula is C22H31N5OS. The number of likely N-dealkylation sites (N-methyl/N-ethyl adjacent to an activating group) is 1. The molecule has 1 aliphatic heterocycles. The lowest BCUT2D eigenvalue weighted by Crippen LogP contribution is -2.50. The zero-order valence-electron chi connectivity index (χ0n) is 17.3. The van der Waals surface area contributed by atoms with Gasteiger partial charge in [-0.25, -0.2) is 0 Å². The minimum atomic E-state index is 0.0758. The van der Waals surface area contributed by atoms with Crippen molar-refractivity contribution in [1.29, 1.82) is 0 Å². The van der Waals surface area contributed by atoms with E-state index in [9.17, 15) is 4.79 Å². The van der Waals surface area contributed by atoms with Crippen molar-refractivity contribution < 1.29 is 4.79 Å². The molecule has 1 aliphatic rings. The van der Waals surface area contributed by atoms with Crippen LogP contribution >= 0.6 is 11.3 Å². The number of benzene rings is 1. The fourth-order valence-electron chi connectivity index (χ4n) is 3.53. The number of anilines is 1. The molecule has 1 amide bonds. The third-order valence-electron chi connectivity index (χ3n) is 5.23. The maximum atomic E-state index is 12.6. The van der Waals surface area contributed by atoms with Gasteiger partial charge in [0.15, 0.2) is 5.96 Å². The van der Waals surface area contributed by atoms with Crippen LogP contribution in [-0.4, -0.2) is 56.0 Å². The first-order chi connectivity index (χ1) is 14.2. The van der Waals surface area contributed by atoms with Crippen molar-refractivity contribution in [3.63, 3.8) is 0 Å². The Labute approximate surface area is 177 Å². The quantitative estimate of drug-likeness (QED) is 0.541. The number of thiophene rings is 1. The molecule has 0 aliphatic carbocycles. The Bertz CT molecular complexity index is 770. The molecular weight excluding hydrogens is 382 g/mol. The van der Waals surface area contributed by atoms with Gasteiger partial charge < -0.3 is 20.4 Å². The molecule has 1 saturated heterocycles. The number of guanidine groups is 1. The summed E-state index contributed by atoms with van der Waals surface area (Å²) >= 11 is 1.79. The lowest BCUT2D eigenvalue weighted by Gasteiger charge is -2.33. The highest BCUT2D eigenvalue weighted by Gasteiger charge is 2.21. The molecule has 1 aromatic heterocycles. The molecule has 0 spiro atoms. The molecule has 0 saturated carbocycles. The monoisotopic (exact) mass is 413 g/mol. The molecule has 1 fully saturated rings. The number of amides is 1. The molecule has 2 N–H and O–H groups in total. The number of piperidine rings is 1. The van der Waals surface area contributed by atoms with Gasteiger partial charge in [-0.3, -0.25) is 9.79 Å². The van der Waals surface area contributed by atoms with Crippen LogP contribution in [0.5, 0.6) is 0 Å². The molecule has 2 heterocycles. The van der Waals surface area contributed by atoms with E-state index >= 15 is 0 Å². The van der Waals surface area contributed by atoms with Gasteiger partial charge in [-0.1, -0.05) is 30.3 Å². The van der Waals surface area contributed by atoms with E-state index in [1.54, 1.807) is 18.4 Å². The first kappa shape index (κ1) is 21.2. The number of carbonyl (C=O) groups excluding carboxylic acids is 1. The van der Waals surface area contributed by atoms with Gasteiger partial charge in [-0.15, -0.1) is 11.3 Å². The summed E-state index contributed by atoms with van der Waals surface area (Å²) in [4.78, 5) is 21.2. The minimum Gasteiger partial charge on any atom is -0.363 e. The lowest BCUT2D eigenvalue weighted by molar-refractivity contribution is -0.130. The largest absolute Gasteiger partial charge is 0.363 e. The normalized spacial score (nSPS) is 15.2. The van der Waals surface area contributed by atoms with Crippen molar-refractivity contribution in [2.24, 2.45) is 4.99 Å². The Morgan fingerprint density at radius 2 is 1.97 bits per heavy atom. The van der Waals surface area contributed by atoms with E-state index in [-0.39, 0.29) is 12.5 Å². The number of rotatable bonds is 7. The van der Waals surface area contributed by atoms with Crippen LogP contribution in [0.25, 0.3) is 0 Å². The molecule has 6 nitrogen and oxygen atoms in total. The van der Waals surface area contributed by atoms with Gasteiger partial charge in [0.25, 0.3) is 0 Å². The predicted molar refractivity (Wildman–Crippen MR) is 122 cm³/mol. The average molecular weight is 414 g/mol. The topological polar surface area (TPSA) is 60.0 Å². The van der Waals surface area contributed by atoms with E-state index in [1.165, 1.54) is 5.00 Å². The first-order valence-electron chi connectivity index (χ1n) is 10.3. The van der Waals surface area contributed by atoms with E-state index in [2.05, 4.69) is 38.0 Å². The fourth-order valence-corrected chi connectivity index (χ4v) is 4.32. The molecule has 0 radical (unpaired) electrons. The van der Waals surface area contributed by atoms with Gasteiger partial charge in [-0.05, 0) is 42.8 Å². The van der Waals surface area contributed by atoms with Crippen molar-refractivity contribution in [3.8, 4) is 0 Å². The smallest absolute Gasteiger partial charge is 0.242 e. The minimum absolute atomic E-state index is 0.0758. The van der Waals surface area contributed by atoms with Gasteiger partial charge in [0.05, 0.1) is 11.5 Å². The van der Waals surface area contributed by atoms with E-state index in [4.69, 9.17) is 0 Å². The van der Waals surface area contributed by atoms with Crippen LogP contribution < -0.4 is 15.5 Å². The maximum absolute atomic E-state index is 12.6. The summed E-state index contributed by atoms with van der Waals surface area (Å²) in [5, 5.41) is 10.1. The summed E-state index contributed by atoms with van der Waals surface area (Å²) in [7, 11) is 1.75. The summed E-state index contributed by atoms with van der Waals surface area (Å²) in [6.45, 7) is 5.64. The maximum Gasteiger partial charge on any atom is 0.242 e. The summed E-state index contributed by atoms with van der Waals surface area (Å²) in [5.41, 5.74) is 1.14. The third kappa shape index (κ3) is 6.22. The van der Waals surface area contributed by atoms with Gasteiger partial charge in [-0.2, -0.15) is 0 Å². The average Bonchev–Trinajstić information content (AvgIpc) is 3.31. The second-order valence-corrected chi connectivity index (χ2v) is 8.10.